The molecule has 10 aromatic carbocycles. The van der Waals surface area contributed by atoms with Crippen LogP contribution in [0.15, 0.2) is 213 Å². The Balaban J connectivity index is 1.11. The van der Waals surface area contributed by atoms with Crippen LogP contribution < -0.4 is 5.32 Å². The van der Waals surface area contributed by atoms with Crippen molar-refractivity contribution in [2.24, 2.45) is 9.98 Å². The fourth-order valence-electron chi connectivity index (χ4n) is 10.1. The predicted molar refractivity (Wildman–Crippen MR) is 260 cm³/mol. The number of nitrogens with zero attached hydrogens (tertiary/aromatic N) is 3. The van der Waals surface area contributed by atoms with E-state index >= 15 is 0 Å². The van der Waals surface area contributed by atoms with Crippen molar-refractivity contribution in [2.45, 2.75) is 6.17 Å². The van der Waals surface area contributed by atoms with Crippen molar-refractivity contribution < 1.29 is 8.83 Å². The number of amidine groups is 2. The van der Waals surface area contributed by atoms with Gasteiger partial charge in [-0.2, -0.15) is 0 Å². The number of aliphatic imine (C=N–C) groups is 2. The summed E-state index contributed by atoms with van der Waals surface area (Å²) in [5.41, 5.74) is 9.29. The van der Waals surface area contributed by atoms with E-state index < -0.39 is 6.17 Å². The quantitative estimate of drug-likeness (QED) is 0.193. The third-order valence-electron chi connectivity index (χ3n) is 13.0. The Morgan fingerprint density at radius 3 is 1.63 bits per heavy atom. The lowest BCUT2D eigenvalue weighted by atomic mass is 10.00. The molecule has 1 aliphatic rings. The average Bonchev–Trinajstić information content (AvgIpc) is 4.01. The van der Waals surface area contributed by atoms with Gasteiger partial charge in [-0.15, -0.1) is 0 Å². The van der Waals surface area contributed by atoms with Crippen LogP contribution in [0.4, 0.5) is 0 Å². The van der Waals surface area contributed by atoms with E-state index in [1.165, 1.54) is 37.7 Å². The fourth-order valence-corrected chi connectivity index (χ4v) is 10.1. The van der Waals surface area contributed by atoms with E-state index in [0.29, 0.717) is 11.7 Å². The summed E-state index contributed by atoms with van der Waals surface area (Å²) in [6, 6.07) is 68.7. The number of hydrogen-bond acceptors (Lipinski definition) is 5. The Morgan fingerprint density at radius 1 is 0.429 bits per heavy atom. The van der Waals surface area contributed by atoms with Crippen LogP contribution in [0, 0.1) is 0 Å². The second-order valence-corrected chi connectivity index (χ2v) is 16.5. The summed E-state index contributed by atoms with van der Waals surface area (Å²) in [6.07, 6.45) is -0.474. The van der Waals surface area contributed by atoms with Crippen LogP contribution in [0.5, 0.6) is 0 Å². The molecule has 13 aromatic rings. The second kappa shape index (κ2) is 13.0. The molecule has 6 heteroatoms. The van der Waals surface area contributed by atoms with E-state index in [2.05, 4.69) is 168 Å². The van der Waals surface area contributed by atoms with Crippen molar-refractivity contribution in [1.82, 2.24) is 9.88 Å². The van der Waals surface area contributed by atoms with Crippen molar-refractivity contribution in [3.05, 3.63) is 211 Å². The van der Waals surface area contributed by atoms with Gasteiger partial charge in [0.05, 0.1) is 22.3 Å². The normalized spacial score (nSPS) is 14.5. The largest absolute Gasteiger partial charge is 0.456 e. The molecule has 1 atom stereocenters. The van der Waals surface area contributed by atoms with Crippen LogP contribution in [0.3, 0.4) is 0 Å². The Hall–Kier alpha value is -8.48. The zero-order chi connectivity index (χ0) is 41.2. The summed E-state index contributed by atoms with van der Waals surface area (Å²) in [6.45, 7) is 0. The molecule has 0 saturated heterocycles. The van der Waals surface area contributed by atoms with Gasteiger partial charge < -0.3 is 18.7 Å². The summed E-state index contributed by atoms with van der Waals surface area (Å²) in [5.74, 6) is 1.32. The minimum atomic E-state index is -0.474. The summed E-state index contributed by atoms with van der Waals surface area (Å²) in [5, 5.41) is 17.4. The molecule has 4 heterocycles. The average molecular weight is 807 g/mol. The Labute approximate surface area is 359 Å². The topological polar surface area (TPSA) is 68.0 Å². The van der Waals surface area contributed by atoms with Crippen molar-refractivity contribution in [2.75, 3.05) is 0 Å². The molecular weight excluding hydrogens is 773 g/mol. The van der Waals surface area contributed by atoms with Crippen molar-refractivity contribution >= 4 is 110 Å². The molecule has 0 saturated carbocycles. The molecule has 0 bridgehead atoms. The molecule has 63 heavy (non-hydrogen) atoms. The lowest BCUT2D eigenvalue weighted by Gasteiger charge is -2.26. The van der Waals surface area contributed by atoms with Gasteiger partial charge in [0.2, 0.25) is 0 Å². The zero-order valence-corrected chi connectivity index (χ0v) is 33.7. The molecule has 0 aliphatic carbocycles. The molecule has 1 unspecified atom stereocenters. The Kier molecular flexibility index (Phi) is 7.07. The second-order valence-electron chi connectivity index (χ2n) is 16.5. The van der Waals surface area contributed by atoms with Gasteiger partial charge in [0, 0.05) is 37.9 Å². The summed E-state index contributed by atoms with van der Waals surface area (Å²) < 4.78 is 15.5. The molecule has 6 nitrogen and oxygen atoms in total. The highest BCUT2D eigenvalue weighted by molar-refractivity contribution is 6.27. The maximum atomic E-state index is 6.68. The first-order valence-electron chi connectivity index (χ1n) is 21.3. The van der Waals surface area contributed by atoms with Crippen molar-refractivity contribution in [3.8, 4) is 5.69 Å². The summed E-state index contributed by atoms with van der Waals surface area (Å²) in [7, 11) is 0. The Morgan fingerprint density at radius 2 is 0.968 bits per heavy atom. The minimum absolute atomic E-state index is 0.474. The van der Waals surface area contributed by atoms with Crippen LogP contribution >= 0.6 is 0 Å². The van der Waals surface area contributed by atoms with Gasteiger partial charge >= 0.3 is 0 Å². The first-order valence-corrected chi connectivity index (χ1v) is 21.3. The number of fused-ring (bicyclic) bond motifs is 12. The van der Waals surface area contributed by atoms with Gasteiger partial charge in [0.1, 0.15) is 34.3 Å². The maximum Gasteiger partial charge on any atom is 0.160 e. The molecule has 0 spiro atoms. The van der Waals surface area contributed by atoms with Gasteiger partial charge in [0.15, 0.2) is 5.84 Å². The monoisotopic (exact) mass is 806 g/mol. The molecule has 0 amide bonds. The first kappa shape index (κ1) is 34.3. The third-order valence-corrected chi connectivity index (χ3v) is 13.0. The number of para-hydroxylation sites is 2. The van der Waals surface area contributed by atoms with Crippen molar-refractivity contribution in [1.29, 1.82) is 0 Å². The third kappa shape index (κ3) is 5.12. The van der Waals surface area contributed by atoms with Gasteiger partial charge in [-0.25, -0.2) is 9.98 Å². The smallest absolute Gasteiger partial charge is 0.160 e. The van der Waals surface area contributed by atoms with E-state index in [0.717, 1.165) is 82.7 Å². The molecule has 0 fully saturated rings. The maximum absolute atomic E-state index is 6.68. The first-order chi connectivity index (χ1) is 31.2. The van der Waals surface area contributed by atoms with Gasteiger partial charge in [-0.3, -0.25) is 0 Å². The molecular formula is C57H34N4O2. The molecule has 0 radical (unpaired) electrons. The van der Waals surface area contributed by atoms with E-state index in [4.69, 9.17) is 18.8 Å². The van der Waals surface area contributed by atoms with Gasteiger partial charge in [-0.05, 0) is 98.5 Å². The van der Waals surface area contributed by atoms with Crippen LogP contribution in [-0.4, -0.2) is 16.2 Å². The number of benzene rings is 10. The molecule has 3 aromatic heterocycles. The lowest BCUT2D eigenvalue weighted by Crippen LogP contribution is -2.34. The van der Waals surface area contributed by atoms with Gasteiger partial charge in [-0.1, -0.05) is 133 Å². The zero-order valence-electron chi connectivity index (χ0n) is 33.7. The number of furan rings is 2. The molecule has 1 N–H and O–H groups in total. The predicted octanol–water partition coefficient (Wildman–Crippen LogP) is 14.5. The number of hydrogen-bond donors (Lipinski definition) is 1. The fraction of sp³-hybridized carbons (Fsp3) is 0.0175. The van der Waals surface area contributed by atoms with Crippen LogP contribution in [0.25, 0.3) is 104 Å². The standard InChI is InChI=1S/C57H34N4O2/c1-2-13-34-28-39(25-24-33(34)12-1)55-58-56(42-20-11-23-50-52(42)40-18-7-9-21-48(40)62-50)60-57(59-55)54-45(26-27-51-53(54)41-19-8-10-22-49(41)63-51)61-46-31-37-16-5-3-14-35(37)29-43(46)44-30-36-15-4-6-17-38(36)32-47(44)61/h1-32,55H,(H,58,59,60). The number of nitrogens with one attached hydrogen (secondary N) is 1. The number of rotatable bonds is 4. The van der Waals surface area contributed by atoms with E-state index in [1.54, 1.807) is 0 Å². The van der Waals surface area contributed by atoms with Gasteiger partial charge in [0.25, 0.3) is 0 Å². The highest BCUT2D eigenvalue weighted by Gasteiger charge is 2.29. The molecule has 1 aliphatic heterocycles. The summed E-state index contributed by atoms with van der Waals surface area (Å²) in [4.78, 5) is 11.1. The van der Waals surface area contributed by atoms with Crippen molar-refractivity contribution in [3.63, 3.8) is 0 Å². The highest BCUT2D eigenvalue weighted by Crippen LogP contribution is 2.42. The SMILES string of the molecule is c1ccc2cc(C3N=C(c4cccc5oc6ccccc6c45)N=C(c4c(-n5c6cc7ccccc7cc6c6cc7ccccc7cc65)ccc5oc6ccccc6c45)N3)ccc2c1. The van der Waals surface area contributed by atoms with Crippen LogP contribution in [0.2, 0.25) is 0 Å². The Bertz CT molecular complexity index is 4050. The van der Waals surface area contributed by atoms with E-state index in [-0.39, 0.29) is 0 Å². The molecule has 14 rings (SSSR count). The van der Waals surface area contributed by atoms with Crippen LogP contribution in [-0.2, 0) is 0 Å². The lowest BCUT2D eigenvalue weighted by molar-refractivity contribution is 0.667. The summed E-state index contributed by atoms with van der Waals surface area (Å²) >= 11 is 0. The number of aromatic nitrogens is 1. The van der Waals surface area contributed by atoms with E-state index in [9.17, 15) is 0 Å². The van der Waals surface area contributed by atoms with Crippen LogP contribution in [0.1, 0.15) is 22.9 Å². The minimum Gasteiger partial charge on any atom is -0.456 e. The van der Waals surface area contributed by atoms with E-state index in [1.807, 2.05) is 36.4 Å². The highest BCUT2D eigenvalue weighted by atomic mass is 16.3. The molecule has 294 valence electrons.